The molecule has 0 spiro atoms. The second-order valence-corrected chi connectivity index (χ2v) is 7.98. The van der Waals surface area contributed by atoms with Crippen molar-refractivity contribution in [3.8, 4) is 5.75 Å². The lowest BCUT2D eigenvalue weighted by molar-refractivity contribution is -0.120. The van der Waals surface area contributed by atoms with Crippen molar-refractivity contribution in [3.63, 3.8) is 0 Å². The van der Waals surface area contributed by atoms with Gasteiger partial charge in [0.15, 0.2) is 0 Å². The van der Waals surface area contributed by atoms with E-state index in [4.69, 9.17) is 16.3 Å². The van der Waals surface area contributed by atoms with Gasteiger partial charge in [0.25, 0.3) is 11.8 Å². The minimum Gasteiger partial charge on any atom is -0.494 e. The highest BCUT2D eigenvalue weighted by molar-refractivity contribution is 6.46. The van der Waals surface area contributed by atoms with Crippen LogP contribution in [0.3, 0.4) is 0 Å². The molecule has 0 bridgehead atoms. The van der Waals surface area contributed by atoms with Crippen molar-refractivity contribution in [1.29, 1.82) is 0 Å². The predicted molar refractivity (Wildman–Crippen MR) is 128 cm³/mol. The summed E-state index contributed by atoms with van der Waals surface area (Å²) in [5, 5.41) is 3.65. The van der Waals surface area contributed by atoms with Crippen molar-refractivity contribution < 1.29 is 14.3 Å². The minimum absolute atomic E-state index is 0.222. The normalized spacial score (nSPS) is 13.7. The fourth-order valence-electron chi connectivity index (χ4n) is 3.53. The standard InChI is InChI=1S/C26H23ClN2O3/c1-4-32-21-13-10-19(11-14-21)28-24-23(18-8-5-16(2)6-9-18)25(30)29(26(24)31)20-12-7-17(3)22(27)15-20/h5-15,28H,4H2,1-3H3. The van der Waals surface area contributed by atoms with E-state index < -0.39 is 11.8 Å². The molecule has 2 amide bonds. The molecule has 0 unspecified atom stereocenters. The number of aryl methyl sites for hydroxylation is 2. The van der Waals surface area contributed by atoms with E-state index in [0.717, 1.165) is 21.8 Å². The molecule has 1 aliphatic rings. The van der Waals surface area contributed by atoms with Crippen molar-refractivity contribution in [3.05, 3.63) is 94.1 Å². The van der Waals surface area contributed by atoms with E-state index >= 15 is 0 Å². The Morgan fingerprint density at radius 2 is 1.59 bits per heavy atom. The number of halogens is 1. The van der Waals surface area contributed by atoms with Gasteiger partial charge in [-0.3, -0.25) is 9.59 Å². The van der Waals surface area contributed by atoms with Crippen LogP contribution in [0.4, 0.5) is 11.4 Å². The second-order valence-electron chi connectivity index (χ2n) is 7.58. The zero-order valence-electron chi connectivity index (χ0n) is 18.1. The number of carbonyl (C=O) groups is 2. The molecule has 0 aliphatic carbocycles. The van der Waals surface area contributed by atoms with Crippen LogP contribution in [0.5, 0.6) is 5.75 Å². The quantitative estimate of drug-likeness (QED) is 0.489. The molecule has 0 saturated carbocycles. The monoisotopic (exact) mass is 446 g/mol. The second kappa shape index (κ2) is 8.89. The smallest absolute Gasteiger partial charge is 0.282 e. The third-order valence-corrected chi connectivity index (χ3v) is 5.68. The summed E-state index contributed by atoms with van der Waals surface area (Å²) in [5.74, 6) is -0.0953. The number of amides is 2. The van der Waals surface area contributed by atoms with Crippen LogP contribution in [0, 0.1) is 13.8 Å². The lowest BCUT2D eigenvalue weighted by Gasteiger charge is -2.16. The number of imide groups is 1. The number of hydrogen-bond acceptors (Lipinski definition) is 4. The van der Waals surface area contributed by atoms with Gasteiger partial charge in [-0.1, -0.05) is 47.5 Å². The van der Waals surface area contributed by atoms with Crippen LogP contribution in [0.2, 0.25) is 5.02 Å². The number of ether oxygens (including phenoxy) is 1. The highest BCUT2D eigenvalue weighted by Crippen LogP contribution is 2.35. The zero-order valence-corrected chi connectivity index (χ0v) is 18.9. The Morgan fingerprint density at radius 1 is 0.906 bits per heavy atom. The average Bonchev–Trinajstić information content (AvgIpc) is 3.02. The molecule has 32 heavy (non-hydrogen) atoms. The van der Waals surface area contributed by atoms with Crippen LogP contribution in [-0.2, 0) is 9.59 Å². The van der Waals surface area contributed by atoms with Gasteiger partial charge in [-0.25, -0.2) is 4.90 Å². The maximum atomic E-state index is 13.5. The number of nitrogens with zero attached hydrogens (tertiary/aromatic N) is 1. The van der Waals surface area contributed by atoms with Crippen molar-refractivity contribution in [2.75, 3.05) is 16.8 Å². The first-order valence-electron chi connectivity index (χ1n) is 10.3. The Labute approximate surface area is 192 Å². The van der Waals surface area contributed by atoms with Crippen molar-refractivity contribution in [2.45, 2.75) is 20.8 Å². The lowest BCUT2D eigenvalue weighted by Crippen LogP contribution is -2.32. The van der Waals surface area contributed by atoms with Gasteiger partial charge in [0.1, 0.15) is 11.4 Å². The van der Waals surface area contributed by atoms with Gasteiger partial charge in [-0.05, 0) is 68.3 Å². The summed E-state index contributed by atoms with van der Waals surface area (Å²) in [6, 6.07) is 19.9. The van der Waals surface area contributed by atoms with Gasteiger partial charge in [0.05, 0.1) is 17.9 Å². The van der Waals surface area contributed by atoms with Crippen LogP contribution < -0.4 is 15.0 Å². The molecule has 3 aromatic carbocycles. The fraction of sp³-hybridized carbons (Fsp3) is 0.154. The molecule has 0 radical (unpaired) electrons. The van der Waals surface area contributed by atoms with Crippen LogP contribution in [0.25, 0.3) is 5.57 Å². The van der Waals surface area contributed by atoms with Crippen molar-refractivity contribution in [1.82, 2.24) is 0 Å². The maximum Gasteiger partial charge on any atom is 0.282 e. The molecule has 1 heterocycles. The number of benzene rings is 3. The summed E-state index contributed by atoms with van der Waals surface area (Å²) in [7, 11) is 0. The number of anilines is 2. The summed E-state index contributed by atoms with van der Waals surface area (Å²) >= 11 is 6.27. The number of rotatable bonds is 6. The number of hydrogen-bond donors (Lipinski definition) is 1. The third-order valence-electron chi connectivity index (χ3n) is 5.27. The lowest BCUT2D eigenvalue weighted by atomic mass is 10.0. The first-order chi connectivity index (χ1) is 15.4. The van der Waals surface area contributed by atoms with Gasteiger partial charge in [-0.15, -0.1) is 0 Å². The molecule has 0 aromatic heterocycles. The van der Waals surface area contributed by atoms with Crippen LogP contribution >= 0.6 is 11.6 Å². The summed E-state index contributed by atoms with van der Waals surface area (Å²) in [6.45, 7) is 6.32. The van der Waals surface area contributed by atoms with Gasteiger partial charge >= 0.3 is 0 Å². The van der Waals surface area contributed by atoms with Crippen LogP contribution in [0.15, 0.2) is 72.4 Å². The van der Waals surface area contributed by atoms with Gasteiger partial charge < -0.3 is 10.1 Å². The predicted octanol–water partition coefficient (Wildman–Crippen LogP) is 5.75. The minimum atomic E-state index is -0.431. The fourth-order valence-corrected chi connectivity index (χ4v) is 3.71. The molecule has 1 N–H and O–H groups in total. The van der Waals surface area contributed by atoms with Gasteiger partial charge in [-0.2, -0.15) is 0 Å². The average molecular weight is 447 g/mol. The van der Waals surface area contributed by atoms with Gasteiger partial charge in [0, 0.05) is 10.7 Å². The summed E-state index contributed by atoms with van der Waals surface area (Å²) in [6.07, 6.45) is 0. The highest BCUT2D eigenvalue weighted by atomic mass is 35.5. The summed E-state index contributed by atoms with van der Waals surface area (Å²) in [5.41, 5.74) is 4.26. The molecule has 1 aliphatic heterocycles. The Bertz CT molecular complexity index is 1210. The van der Waals surface area contributed by atoms with E-state index in [1.165, 1.54) is 0 Å². The summed E-state index contributed by atoms with van der Waals surface area (Å²) < 4.78 is 5.48. The van der Waals surface area contributed by atoms with E-state index in [2.05, 4.69) is 5.32 Å². The molecular weight excluding hydrogens is 424 g/mol. The van der Waals surface area contributed by atoms with E-state index in [1.54, 1.807) is 18.2 Å². The third kappa shape index (κ3) is 4.12. The van der Waals surface area contributed by atoms with Crippen molar-refractivity contribution >= 4 is 40.4 Å². The molecule has 162 valence electrons. The van der Waals surface area contributed by atoms with Crippen molar-refractivity contribution in [2.24, 2.45) is 0 Å². The molecule has 0 saturated heterocycles. The largest absolute Gasteiger partial charge is 0.494 e. The molecule has 5 nitrogen and oxygen atoms in total. The summed E-state index contributed by atoms with van der Waals surface area (Å²) in [4.78, 5) is 28.1. The number of nitrogens with one attached hydrogen (secondary N) is 1. The molecule has 3 aromatic rings. The SMILES string of the molecule is CCOc1ccc(NC2=C(c3ccc(C)cc3)C(=O)N(c3ccc(C)c(Cl)c3)C2=O)cc1. The van der Waals surface area contributed by atoms with Crippen LogP contribution in [0.1, 0.15) is 23.6 Å². The van der Waals surface area contributed by atoms with E-state index in [9.17, 15) is 9.59 Å². The Kier molecular flexibility index (Phi) is 6.01. The zero-order chi connectivity index (χ0) is 22.8. The van der Waals surface area contributed by atoms with Gasteiger partial charge in [0.2, 0.25) is 0 Å². The first-order valence-corrected chi connectivity index (χ1v) is 10.7. The van der Waals surface area contributed by atoms with E-state index in [0.29, 0.717) is 34.1 Å². The Hall–Kier alpha value is -3.57. The Morgan fingerprint density at radius 3 is 2.22 bits per heavy atom. The molecule has 0 fully saturated rings. The molecule has 6 heteroatoms. The molecule has 4 rings (SSSR count). The van der Waals surface area contributed by atoms with E-state index in [-0.39, 0.29) is 5.70 Å². The highest BCUT2D eigenvalue weighted by Gasteiger charge is 2.40. The van der Waals surface area contributed by atoms with E-state index in [1.807, 2.05) is 69.3 Å². The molecule has 0 atom stereocenters. The maximum absolute atomic E-state index is 13.5. The molecular formula is C26H23ClN2O3. The van der Waals surface area contributed by atoms with Crippen LogP contribution in [-0.4, -0.2) is 18.4 Å². The topological polar surface area (TPSA) is 58.6 Å². The first kappa shape index (κ1) is 21.7. The number of carbonyl (C=O) groups excluding carboxylic acids is 2. The Balaban J connectivity index is 1.77.